The fraction of sp³-hybridized carbons (Fsp3) is 0.176. The highest BCUT2D eigenvalue weighted by Gasteiger charge is 2.18. The van der Waals surface area contributed by atoms with E-state index in [1.807, 2.05) is 18.3 Å². The standard InChI is InChI=1S/C17H16N4O4/c22-17(20-12-4-5-15-16(9-12)25-11-24-15)18-10-13(14-3-1-8-23-14)21-7-2-6-19-21/h1-9,13H,10-11H2,(H2,18,20,22)/t13-/m1/s1. The molecular formula is C17H16N4O4. The highest BCUT2D eigenvalue weighted by atomic mass is 16.7. The summed E-state index contributed by atoms with van der Waals surface area (Å²) in [7, 11) is 0. The number of amides is 2. The van der Waals surface area contributed by atoms with E-state index < -0.39 is 0 Å². The first-order valence-corrected chi connectivity index (χ1v) is 7.76. The fourth-order valence-corrected chi connectivity index (χ4v) is 2.61. The quantitative estimate of drug-likeness (QED) is 0.745. The number of benzene rings is 1. The molecule has 0 saturated heterocycles. The summed E-state index contributed by atoms with van der Waals surface area (Å²) in [6.45, 7) is 0.519. The van der Waals surface area contributed by atoms with Gasteiger partial charge in [-0.05, 0) is 30.3 Å². The van der Waals surface area contributed by atoms with E-state index in [1.165, 1.54) is 0 Å². The molecule has 0 saturated carbocycles. The Morgan fingerprint density at radius 3 is 2.96 bits per heavy atom. The maximum Gasteiger partial charge on any atom is 0.319 e. The van der Waals surface area contributed by atoms with Crippen molar-refractivity contribution in [2.24, 2.45) is 0 Å². The fourth-order valence-electron chi connectivity index (χ4n) is 2.61. The average molecular weight is 340 g/mol. The molecule has 1 aromatic carbocycles. The van der Waals surface area contributed by atoms with Crippen LogP contribution in [-0.4, -0.2) is 29.1 Å². The van der Waals surface area contributed by atoms with Gasteiger partial charge in [0.2, 0.25) is 6.79 Å². The zero-order valence-electron chi connectivity index (χ0n) is 13.2. The number of furan rings is 1. The monoisotopic (exact) mass is 340 g/mol. The predicted octanol–water partition coefficient (Wildman–Crippen LogP) is 2.62. The van der Waals surface area contributed by atoms with Gasteiger partial charge < -0.3 is 24.5 Å². The van der Waals surface area contributed by atoms with E-state index in [0.717, 1.165) is 0 Å². The molecule has 128 valence electrons. The first-order valence-electron chi connectivity index (χ1n) is 7.76. The van der Waals surface area contributed by atoms with Gasteiger partial charge in [0, 0.05) is 30.7 Å². The van der Waals surface area contributed by atoms with E-state index in [0.29, 0.717) is 29.5 Å². The second kappa shape index (κ2) is 6.60. The lowest BCUT2D eigenvalue weighted by Crippen LogP contribution is -2.34. The molecule has 0 radical (unpaired) electrons. The van der Waals surface area contributed by atoms with Gasteiger partial charge in [-0.2, -0.15) is 5.10 Å². The van der Waals surface area contributed by atoms with Gasteiger partial charge in [0.15, 0.2) is 11.5 Å². The SMILES string of the molecule is O=C(NC[C@H](c1ccco1)n1cccn1)Nc1ccc2c(c1)OCO2. The molecule has 25 heavy (non-hydrogen) atoms. The molecule has 3 heterocycles. The van der Waals surface area contributed by atoms with Crippen LogP contribution in [0.25, 0.3) is 0 Å². The lowest BCUT2D eigenvalue weighted by atomic mass is 10.2. The molecule has 1 aliphatic rings. The summed E-state index contributed by atoms with van der Waals surface area (Å²) in [6, 6.07) is 10.2. The molecule has 2 N–H and O–H groups in total. The van der Waals surface area contributed by atoms with Gasteiger partial charge in [0.25, 0.3) is 0 Å². The van der Waals surface area contributed by atoms with Gasteiger partial charge in [-0.3, -0.25) is 4.68 Å². The minimum absolute atomic E-state index is 0.194. The summed E-state index contributed by atoms with van der Waals surface area (Å²) < 4.78 is 17.7. The number of nitrogens with one attached hydrogen (secondary N) is 2. The number of anilines is 1. The first kappa shape index (κ1) is 15.1. The van der Waals surface area contributed by atoms with Crippen molar-refractivity contribution >= 4 is 11.7 Å². The number of nitrogens with zero attached hydrogens (tertiary/aromatic N) is 2. The predicted molar refractivity (Wildman–Crippen MR) is 88.7 cm³/mol. The van der Waals surface area contributed by atoms with Gasteiger partial charge in [0.05, 0.1) is 6.26 Å². The maximum atomic E-state index is 12.2. The Hall–Kier alpha value is -3.42. The molecule has 2 aromatic heterocycles. The first-order chi connectivity index (χ1) is 12.3. The number of rotatable bonds is 5. The van der Waals surface area contributed by atoms with Crippen LogP contribution in [0.3, 0.4) is 0 Å². The number of carbonyl (C=O) groups is 1. The number of hydrogen-bond donors (Lipinski definition) is 2. The Morgan fingerprint density at radius 1 is 1.24 bits per heavy atom. The molecule has 8 nitrogen and oxygen atoms in total. The maximum absolute atomic E-state index is 12.2. The number of urea groups is 1. The van der Waals surface area contributed by atoms with E-state index >= 15 is 0 Å². The lowest BCUT2D eigenvalue weighted by molar-refractivity contribution is 0.174. The van der Waals surface area contributed by atoms with E-state index in [2.05, 4.69) is 15.7 Å². The number of carbonyl (C=O) groups excluding carboxylic acids is 1. The number of aromatic nitrogens is 2. The Kier molecular flexibility index (Phi) is 3.99. The molecule has 1 aliphatic heterocycles. The van der Waals surface area contributed by atoms with Crippen molar-refractivity contribution in [3.63, 3.8) is 0 Å². The van der Waals surface area contributed by atoms with Crippen molar-refractivity contribution in [2.45, 2.75) is 6.04 Å². The van der Waals surface area contributed by atoms with Gasteiger partial charge in [-0.15, -0.1) is 0 Å². The average Bonchev–Trinajstić information content (AvgIpc) is 3.37. The lowest BCUT2D eigenvalue weighted by Gasteiger charge is -2.16. The number of fused-ring (bicyclic) bond motifs is 1. The topological polar surface area (TPSA) is 90.6 Å². The Balaban J connectivity index is 1.40. The Morgan fingerprint density at radius 2 is 2.16 bits per heavy atom. The third kappa shape index (κ3) is 3.27. The van der Waals surface area contributed by atoms with E-state index in [1.54, 1.807) is 41.4 Å². The molecule has 8 heteroatoms. The van der Waals surface area contributed by atoms with Gasteiger partial charge in [0.1, 0.15) is 11.8 Å². The van der Waals surface area contributed by atoms with Crippen LogP contribution in [0, 0.1) is 0 Å². The largest absolute Gasteiger partial charge is 0.467 e. The van der Waals surface area contributed by atoms with Crippen LogP contribution in [0.1, 0.15) is 11.8 Å². The zero-order chi connectivity index (χ0) is 17.1. The number of ether oxygens (including phenoxy) is 2. The minimum Gasteiger partial charge on any atom is -0.467 e. The molecule has 2 amide bonds. The molecule has 4 rings (SSSR count). The molecule has 3 aromatic rings. The molecule has 0 spiro atoms. The summed E-state index contributed by atoms with van der Waals surface area (Å²) in [5, 5.41) is 9.83. The minimum atomic E-state index is -0.331. The van der Waals surface area contributed by atoms with E-state index in [4.69, 9.17) is 13.9 Å². The molecule has 0 fully saturated rings. The summed E-state index contributed by atoms with van der Waals surface area (Å²) in [6.07, 6.45) is 5.10. The van der Waals surface area contributed by atoms with Crippen LogP contribution in [-0.2, 0) is 0 Å². The molecular weight excluding hydrogens is 324 g/mol. The highest BCUT2D eigenvalue weighted by molar-refractivity contribution is 5.89. The van der Waals surface area contributed by atoms with Gasteiger partial charge in [-0.25, -0.2) is 4.79 Å². The summed E-state index contributed by atoms with van der Waals surface area (Å²) >= 11 is 0. The van der Waals surface area contributed by atoms with Crippen molar-refractivity contribution in [1.29, 1.82) is 0 Å². The Labute approximate surface area is 143 Å². The van der Waals surface area contributed by atoms with Crippen LogP contribution in [0.15, 0.2) is 59.5 Å². The molecule has 0 aliphatic carbocycles. The second-order valence-corrected chi connectivity index (χ2v) is 5.42. The van der Waals surface area contributed by atoms with Crippen molar-refractivity contribution in [2.75, 3.05) is 18.7 Å². The van der Waals surface area contributed by atoms with Crippen LogP contribution >= 0.6 is 0 Å². The third-order valence-electron chi connectivity index (χ3n) is 3.80. The zero-order valence-corrected chi connectivity index (χ0v) is 13.2. The Bertz CT molecular complexity index is 811. The van der Waals surface area contributed by atoms with Crippen LogP contribution in [0.4, 0.5) is 10.5 Å². The highest BCUT2D eigenvalue weighted by Crippen LogP contribution is 2.34. The molecule has 1 atom stereocenters. The van der Waals surface area contributed by atoms with Crippen molar-refractivity contribution in [1.82, 2.24) is 15.1 Å². The molecule has 0 unspecified atom stereocenters. The van der Waals surface area contributed by atoms with Crippen molar-refractivity contribution < 1.29 is 18.7 Å². The van der Waals surface area contributed by atoms with Crippen LogP contribution < -0.4 is 20.1 Å². The van der Waals surface area contributed by atoms with E-state index in [9.17, 15) is 4.79 Å². The third-order valence-corrected chi connectivity index (χ3v) is 3.80. The normalized spacial score (nSPS) is 13.4. The summed E-state index contributed by atoms with van der Waals surface area (Å²) in [5.41, 5.74) is 0.621. The smallest absolute Gasteiger partial charge is 0.319 e. The van der Waals surface area contributed by atoms with Crippen molar-refractivity contribution in [3.05, 3.63) is 60.8 Å². The summed E-state index contributed by atoms with van der Waals surface area (Å²) in [5.74, 6) is 2.00. The van der Waals surface area contributed by atoms with E-state index in [-0.39, 0.29) is 18.9 Å². The van der Waals surface area contributed by atoms with Crippen LogP contribution in [0.5, 0.6) is 11.5 Å². The van der Waals surface area contributed by atoms with Gasteiger partial charge in [-0.1, -0.05) is 0 Å². The number of hydrogen-bond acceptors (Lipinski definition) is 5. The second-order valence-electron chi connectivity index (χ2n) is 5.42. The van der Waals surface area contributed by atoms with Gasteiger partial charge >= 0.3 is 6.03 Å². The van der Waals surface area contributed by atoms with Crippen molar-refractivity contribution in [3.8, 4) is 11.5 Å². The molecule has 0 bridgehead atoms. The summed E-state index contributed by atoms with van der Waals surface area (Å²) in [4.78, 5) is 12.2. The van der Waals surface area contributed by atoms with Crippen LogP contribution in [0.2, 0.25) is 0 Å².